The summed E-state index contributed by atoms with van der Waals surface area (Å²) < 4.78 is 12.4. The predicted molar refractivity (Wildman–Crippen MR) is 99.7 cm³/mol. The molecular weight excluding hydrogens is 318 g/mol. The Balaban J connectivity index is 2.23. The summed E-state index contributed by atoms with van der Waals surface area (Å²) >= 11 is 0. The molecule has 0 saturated heterocycles. The van der Waals surface area contributed by atoms with Crippen LogP contribution in [0, 0.1) is 0 Å². The summed E-state index contributed by atoms with van der Waals surface area (Å²) in [7, 11) is 1.62. The molecule has 0 unspecified atom stereocenters. The molecule has 1 heterocycles. The highest BCUT2D eigenvalue weighted by atomic mass is 16.5. The van der Waals surface area contributed by atoms with Crippen molar-refractivity contribution < 1.29 is 9.47 Å². The van der Waals surface area contributed by atoms with Gasteiger partial charge in [-0.1, -0.05) is 13.0 Å². The Morgan fingerprint density at radius 2 is 2.00 bits per heavy atom. The maximum atomic E-state index is 12.5. The van der Waals surface area contributed by atoms with Gasteiger partial charge in [0, 0.05) is 12.1 Å². The number of hydrogen-bond acceptors (Lipinski definition) is 5. The number of rotatable bonds is 8. The van der Waals surface area contributed by atoms with E-state index in [1.165, 1.54) is 4.68 Å². The van der Waals surface area contributed by atoms with E-state index in [1.54, 1.807) is 13.3 Å². The molecule has 0 aliphatic carbocycles. The third-order valence-corrected chi connectivity index (χ3v) is 3.96. The Morgan fingerprint density at radius 3 is 2.60 bits per heavy atom. The van der Waals surface area contributed by atoms with Crippen LogP contribution in [0.4, 0.5) is 5.69 Å². The zero-order valence-electron chi connectivity index (χ0n) is 15.6. The van der Waals surface area contributed by atoms with E-state index in [0.717, 1.165) is 16.8 Å². The van der Waals surface area contributed by atoms with E-state index < -0.39 is 0 Å². The predicted octanol–water partition coefficient (Wildman–Crippen LogP) is 3.41. The Kier molecular flexibility index (Phi) is 6.44. The monoisotopic (exact) mass is 345 g/mol. The quantitative estimate of drug-likeness (QED) is 0.794. The van der Waals surface area contributed by atoms with Gasteiger partial charge in [0.15, 0.2) is 11.5 Å². The Labute approximate surface area is 148 Å². The molecule has 2 rings (SSSR count). The minimum atomic E-state index is -0.0350. The van der Waals surface area contributed by atoms with Crippen LogP contribution >= 0.6 is 0 Å². The van der Waals surface area contributed by atoms with E-state index in [9.17, 15) is 4.79 Å². The van der Waals surface area contributed by atoms with E-state index in [1.807, 2.05) is 45.9 Å². The average Bonchev–Trinajstić information content (AvgIpc) is 2.60. The van der Waals surface area contributed by atoms with Gasteiger partial charge in [-0.2, -0.15) is 5.10 Å². The second-order valence-corrected chi connectivity index (χ2v) is 6.01. The maximum absolute atomic E-state index is 12.5. The largest absolute Gasteiger partial charge is 0.493 e. The fourth-order valence-corrected chi connectivity index (χ4v) is 2.66. The van der Waals surface area contributed by atoms with Crippen LogP contribution in [0.5, 0.6) is 11.5 Å². The van der Waals surface area contributed by atoms with Crippen molar-refractivity contribution >= 4 is 5.69 Å². The van der Waals surface area contributed by atoms with Gasteiger partial charge in [0.1, 0.15) is 0 Å². The topological polar surface area (TPSA) is 65.4 Å². The van der Waals surface area contributed by atoms with Crippen molar-refractivity contribution in [1.29, 1.82) is 0 Å². The molecule has 2 aromatic rings. The first-order valence-corrected chi connectivity index (χ1v) is 8.66. The second-order valence-electron chi connectivity index (χ2n) is 6.01. The summed E-state index contributed by atoms with van der Waals surface area (Å²) in [5.74, 6) is 1.43. The summed E-state index contributed by atoms with van der Waals surface area (Å²) in [6, 6.07) is 5.85. The normalized spacial score (nSPS) is 10.8. The third kappa shape index (κ3) is 4.32. The highest BCUT2D eigenvalue weighted by Gasteiger charge is 2.12. The molecule has 25 heavy (non-hydrogen) atoms. The summed E-state index contributed by atoms with van der Waals surface area (Å²) in [6.07, 6.45) is 2.39. The van der Waals surface area contributed by atoms with Gasteiger partial charge in [0.05, 0.1) is 31.6 Å². The smallest absolute Gasteiger partial charge is 0.272 e. The third-order valence-electron chi connectivity index (χ3n) is 3.96. The Morgan fingerprint density at radius 1 is 1.24 bits per heavy atom. The van der Waals surface area contributed by atoms with E-state index in [2.05, 4.69) is 10.4 Å². The van der Waals surface area contributed by atoms with Gasteiger partial charge < -0.3 is 14.8 Å². The molecule has 0 saturated carbocycles. The Hall–Kier alpha value is -2.50. The lowest BCUT2D eigenvalue weighted by atomic mass is 10.1. The van der Waals surface area contributed by atoms with Crippen LogP contribution in [0.3, 0.4) is 0 Å². The van der Waals surface area contributed by atoms with Crippen molar-refractivity contribution in [3.8, 4) is 11.5 Å². The number of aromatic nitrogens is 2. The first-order valence-electron chi connectivity index (χ1n) is 8.66. The lowest BCUT2D eigenvalue weighted by molar-refractivity contribution is 0.310. The van der Waals surface area contributed by atoms with Gasteiger partial charge in [-0.25, -0.2) is 4.68 Å². The highest BCUT2D eigenvalue weighted by Crippen LogP contribution is 2.28. The molecule has 0 atom stereocenters. The SMILES string of the molecule is CCOc1cc(CNc2cnn(C(C)C)c(=O)c2CC)ccc1OC. The molecule has 0 amide bonds. The van der Waals surface area contributed by atoms with E-state index >= 15 is 0 Å². The number of hydrogen-bond donors (Lipinski definition) is 1. The Bertz CT molecular complexity index is 769. The van der Waals surface area contributed by atoms with Crippen molar-refractivity contribution in [3.63, 3.8) is 0 Å². The molecule has 0 fully saturated rings. The molecule has 136 valence electrons. The highest BCUT2D eigenvalue weighted by molar-refractivity contribution is 5.50. The molecule has 0 radical (unpaired) electrons. The molecule has 0 aliphatic rings. The number of nitrogens with one attached hydrogen (secondary N) is 1. The minimum Gasteiger partial charge on any atom is -0.493 e. The molecule has 1 N–H and O–H groups in total. The molecule has 0 spiro atoms. The van der Waals surface area contributed by atoms with Crippen molar-refractivity contribution in [2.24, 2.45) is 0 Å². The summed E-state index contributed by atoms with van der Waals surface area (Å²) in [5, 5.41) is 7.59. The van der Waals surface area contributed by atoms with E-state index in [0.29, 0.717) is 31.1 Å². The van der Waals surface area contributed by atoms with Gasteiger partial charge in [0.2, 0.25) is 0 Å². The van der Waals surface area contributed by atoms with E-state index in [-0.39, 0.29) is 11.6 Å². The maximum Gasteiger partial charge on any atom is 0.272 e. The zero-order valence-corrected chi connectivity index (χ0v) is 15.6. The van der Waals surface area contributed by atoms with Crippen LogP contribution < -0.4 is 20.3 Å². The standard InChI is InChI=1S/C19H27N3O3/c1-6-15-16(12-21-22(13(3)4)19(15)23)20-11-14-8-9-17(24-5)18(10-14)25-7-2/h8-10,12-13,20H,6-7,11H2,1-5H3. The fourth-order valence-electron chi connectivity index (χ4n) is 2.66. The van der Waals surface area contributed by atoms with Crippen molar-refractivity contribution in [1.82, 2.24) is 9.78 Å². The molecule has 6 heteroatoms. The van der Waals surface area contributed by atoms with Gasteiger partial charge in [-0.05, 0) is 44.9 Å². The summed E-state index contributed by atoms with van der Waals surface area (Å²) in [5.41, 5.74) is 2.53. The van der Waals surface area contributed by atoms with Crippen LogP contribution in [0.25, 0.3) is 0 Å². The summed E-state index contributed by atoms with van der Waals surface area (Å²) in [6.45, 7) is 8.97. The molecule has 0 bridgehead atoms. The fraction of sp³-hybridized carbons (Fsp3) is 0.474. The second kappa shape index (κ2) is 8.55. The summed E-state index contributed by atoms with van der Waals surface area (Å²) in [4.78, 5) is 12.5. The van der Waals surface area contributed by atoms with Crippen molar-refractivity contribution in [2.45, 2.75) is 46.7 Å². The van der Waals surface area contributed by atoms with Crippen molar-refractivity contribution in [3.05, 3.63) is 45.9 Å². The van der Waals surface area contributed by atoms with Crippen LogP contribution in [-0.4, -0.2) is 23.5 Å². The van der Waals surface area contributed by atoms with Gasteiger partial charge in [0.25, 0.3) is 5.56 Å². The van der Waals surface area contributed by atoms with Gasteiger partial charge in [-0.3, -0.25) is 4.79 Å². The molecule has 1 aromatic heterocycles. The van der Waals surface area contributed by atoms with Crippen LogP contribution in [-0.2, 0) is 13.0 Å². The van der Waals surface area contributed by atoms with Gasteiger partial charge >= 0.3 is 0 Å². The average molecular weight is 345 g/mol. The number of anilines is 1. The number of methoxy groups -OCH3 is 1. The van der Waals surface area contributed by atoms with E-state index in [4.69, 9.17) is 9.47 Å². The molecular formula is C19H27N3O3. The van der Waals surface area contributed by atoms with Crippen LogP contribution in [0.15, 0.2) is 29.2 Å². The zero-order chi connectivity index (χ0) is 18.4. The van der Waals surface area contributed by atoms with Gasteiger partial charge in [-0.15, -0.1) is 0 Å². The van der Waals surface area contributed by atoms with Crippen LogP contribution in [0.1, 0.15) is 44.9 Å². The molecule has 1 aromatic carbocycles. The minimum absolute atomic E-state index is 0.0350. The first-order chi connectivity index (χ1) is 12.0. The first kappa shape index (κ1) is 18.8. The number of ether oxygens (including phenoxy) is 2. The molecule has 6 nitrogen and oxygen atoms in total. The number of benzene rings is 1. The van der Waals surface area contributed by atoms with Crippen molar-refractivity contribution in [2.75, 3.05) is 19.0 Å². The lowest BCUT2D eigenvalue weighted by Crippen LogP contribution is -2.28. The number of nitrogens with zero attached hydrogens (tertiary/aromatic N) is 2. The van der Waals surface area contributed by atoms with Crippen LogP contribution in [0.2, 0.25) is 0 Å². The lowest BCUT2D eigenvalue weighted by Gasteiger charge is -2.15. The molecule has 0 aliphatic heterocycles.